The number of rotatable bonds is 2. The maximum Gasteiger partial charge on any atom is 0.219 e. The zero-order valence-corrected chi connectivity index (χ0v) is 9.40. The van der Waals surface area contributed by atoms with E-state index in [0.717, 1.165) is 11.3 Å². The van der Waals surface area contributed by atoms with Crippen LogP contribution in [-0.2, 0) is 0 Å². The number of pyridine rings is 1. The summed E-state index contributed by atoms with van der Waals surface area (Å²) in [5.41, 5.74) is 8.47. The van der Waals surface area contributed by atoms with Crippen LogP contribution in [0.3, 0.4) is 0 Å². The standard InChI is InChI=1S/C13H14N2O/c1-9-6-7-11(14)12(8-9)16-13-5-3-4-10(2)15-13/h3-8H,14H2,1-2H3. The lowest BCUT2D eigenvalue weighted by atomic mass is 10.2. The van der Waals surface area contributed by atoms with Crippen molar-refractivity contribution in [1.82, 2.24) is 4.98 Å². The van der Waals surface area contributed by atoms with Crippen LogP contribution in [0, 0.1) is 13.8 Å². The summed E-state index contributed by atoms with van der Waals surface area (Å²) in [7, 11) is 0. The van der Waals surface area contributed by atoms with Crippen LogP contribution in [0.25, 0.3) is 0 Å². The van der Waals surface area contributed by atoms with Crippen LogP contribution in [0.4, 0.5) is 5.69 Å². The van der Waals surface area contributed by atoms with E-state index >= 15 is 0 Å². The number of nitrogen functional groups attached to an aromatic ring is 1. The van der Waals surface area contributed by atoms with Crippen LogP contribution in [-0.4, -0.2) is 4.98 Å². The van der Waals surface area contributed by atoms with Crippen LogP contribution in [0.15, 0.2) is 36.4 Å². The molecule has 16 heavy (non-hydrogen) atoms. The second kappa shape index (κ2) is 4.23. The molecule has 0 saturated carbocycles. The highest BCUT2D eigenvalue weighted by molar-refractivity contribution is 5.54. The molecule has 0 radical (unpaired) electrons. The molecule has 0 unspecified atom stereocenters. The highest BCUT2D eigenvalue weighted by Gasteiger charge is 2.03. The Kier molecular flexibility index (Phi) is 2.77. The van der Waals surface area contributed by atoms with Gasteiger partial charge in [0.15, 0.2) is 5.75 Å². The molecule has 3 heteroatoms. The lowest BCUT2D eigenvalue weighted by Crippen LogP contribution is -1.94. The summed E-state index contributed by atoms with van der Waals surface area (Å²) in [5.74, 6) is 1.22. The number of aryl methyl sites for hydroxylation is 2. The molecule has 2 N–H and O–H groups in total. The summed E-state index contributed by atoms with van der Waals surface area (Å²) < 4.78 is 5.63. The van der Waals surface area contributed by atoms with Gasteiger partial charge in [0.25, 0.3) is 0 Å². The van der Waals surface area contributed by atoms with Crippen molar-refractivity contribution in [3.63, 3.8) is 0 Å². The number of aromatic nitrogens is 1. The van der Waals surface area contributed by atoms with E-state index in [0.29, 0.717) is 17.3 Å². The molecule has 0 aliphatic carbocycles. The van der Waals surface area contributed by atoms with Crippen LogP contribution in [0.1, 0.15) is 11.3 Å². The van der Waals surface area contributed by atoms with E-state index in [2.05, 4.69) is 4.98 Å². The first-order valence-corrected chi connectivity index (χ1v) is 5.13. The molecule has 2 rings (SSSR count). The average molecular weight is 214 g/mol. The predicted octanol–water partition coefficient (Wildman–Crippen LogP) is 3.07. The monoisotopic (exact) mass is 214 g/mol. The molecule has 0 amide bonds. The van der Waals surface area contributed by atoms with E-state index in [1.54, 1.807) is 0 Å². The van der Waals surface area contributed by atoms with Crippen molar-refractivity contribution in [1.29, 1.82) is 0 Å². The minimum absolute atomic E-state index is 0.567. The van der Waals surface area contributed by atoms with Gasteiger partial charge in [-0.25, -0.2) is 4.98 Å². The summed E-state index contributed by atoms with van der Waals surface area (Å²) in [6.45, 7) is 3.92. The Bertz CT molecular complexity index is 509. The molecule has 1 heterocycles. The first-order chi connectivity index (χ1) is 7.65. The fourth-order valence-electron chi connectivity index (χ4n) is 1.42. The predicted molar refractivity (Wildman–Crippen MR) is 64.6 cm³/mol. The number of ether oxygens (including phenoxy) is 1. The Labute approximate surface area is 94.9 Å². The first-order valence-electron chi connectivity index (χ1n) is 5.13. The van der Waals surface area contributed by atoms with Crippen molar-refractivity contribution in [2.24, 2.45) is 0 Å². The summed E-state index contributed by atoms with van der Waals surface area (Å²) in [5, 5.41) is 0. The van der Waals surface area contributed by atoms with Crippen LogP contribution in [0.2, 0.25) is 0 Å². The van der Waals surface area contributed by atoms with Gasteiger partial charge in [0, 0.05) is 11.8 Å². The molecular formula is C13H14N2O. The van der Waals surface area contributed by atoms with Gasteiger partial charge in [-0.2, -0.15) is 0 Å². The maximum atomic E-state index is 5.82. The van der Waals surface area contributed by atoms with Crippen molar-refractivity contribution < 1.29 is 4.74 Å². The normalized spacial score (nSPS) is 10.1. The molecule has 1 aromatic heterocycles. The minimum atomic E-state index is 0.567. The lowest BCUT2D eigenvalue weighted by Gasteiger charge is -2.08. The van der Waals surface area contributed by atoms with Gasteiger partial charge >= 0.3 is 0 Å². The van der Waals surface area contributed by atoms with E-state index in [4.69, 9.17) is 10.5 Å². The Balaban J connectivity index is 2.30. The third-order valence-electron chi connectivity index (χ3n) is 2.25. The number of nitrogens with two attached hydrogens (primary N) is 1. The van der Waals surface area contributed by atoms with Crippen molar-refractivity contribution in [2.75, 3.05) is 5.73 Å². The number of nitrogens with zero attached hydrogens (tertiary/aromatic N) is 1. The van der Waals surface area contributed by atoms with Gasteiger partial charge in [-0.3, -0.25) is 0 Å². The van der Waals surface area contributed by atoms with E-state index in [1.807, 2.05) is 50.2 Å². The average Bonchev–Trinajstić information content (AvgIpc) is 2.24. The molecule has 0 aliphatic heterocycles. The largest absolute Gasteiger partial charge is 0.437 e. The molecule has 0 bridgehead atoms. The highest BCUT2D eigenvalue weighted by atomic mass is 16.5. The SMILES string of the molecule is Cc1ccc(N)c(Oc2cccc(C)n2)c1. The minimum Gasteiger partial charge on any atom is -0.437 e. The summed E-state index contributed by atoms with van der Waals surface area (Å²) in [6.07, 6.45) is 0. The quantitative estimate of drug-likeness (QED) is 0.781. The highest BCUT2D eigenvalue weighted by Crippen LogP contribution is 2.27. The smallest absolute Gasteiger partial charge is 0.219 e. The van der Waals surface area contributed by atoms with Gasteiger partial charge in [0.05, 0.1) is 5.69 Å². The Hall–Kier alpha value is -2.03. The van der Waals surface area contributed by atoms with Crippen molar-refractivity contribution in [2.45, 2.75) is 13.8 Å². The fraction of sp³-hybridized carbons (Fsp3) is 0.154. The molecule has 0 saturated heterocycles. The number of benzene rings is 1. The molecule has 0 aliphatic rings. The van der Waals surface area contributed by atoms with Crippen molar-refractivity contribution >= 4 is 5.69 Å². The Morgan fingerprint density at radius 3 is 2.69 bits per heavy atom. The van der Waals surface area contributed by atoms with E-state index in [9.17, 15) is 0 Å². The van der Waals surface area contributed by atoms with E-state index < -0.39 is 0 Å². The van der Waals surface area contributed by atoms with Gasteiger partial charge in [-0.15, -0.1) is 0 Å². The Morgan fingerprint density at radius 1 is 1.12 bits per heavy atom. The molecule has 0 atom stereocenters. The number of anilines is 1. The van der Waals surface area contributed by atoms with Crippen molar-refractivity contribution in [3.05, 3.63) is 47.7 Å². The third-order valence-corrected chi connectivity index (χ3v) is 2.25. The van der Waals surface area contributed by atoms with Crippen LogP contribution < -0.4 is 10.5 Å². The molecule has 2 aromatic rings. The van der Waals surface area contributed by atoms with E-state index in [-0.39, 0.29) is 0 Å². The van der Waals surface area contributed by atoms with Gasteiger partial charge in [-0.05, 0) is 37.6 Å². The van der Waals surface area contributed by atoms with Gasteiger partial charge in [0.2, 0.25) is 5.88 Å². The molecule has 3 nitrogen and oxygen atoms in total. The molecule has 0 spiro atoms. The van der Waals surface area contributed by atoms with Crippen LogP contribution >= 0.6 is 0 Å². The topological polar surface area (TPSA) is 48.1 Å². The molecule has 82 valence electrons. The second-order valence-electron chi connectivity index (χ2n) is 3.76. The van der Waals surface area contributed by atoms with Crippen molar-refractivity contribution in [3.8, 4) is 11.6 Å². The Morgan fingerprint density at radius 2 is 1.94 bits per heavy atom. The third kappa shape index (κ3) is 2.31. The van der Waals surface area contributed by atoms with Gasteiger partial charge < -0.3 is 10.5 Å². The zero-order chi connectivity index (χ0) is 11.5. The maximum absolute atomic E-state index is 5.82. The summed E-state index contributed by atoms with van der Waals surface area (Å²) >= 11 is 0. The molecular weight excluding hydrogens is 200 g/mol. The van der Waals surface area contributed by atoms with Gasteiger partial charge in [0.1, 0.15) is 0 Å². The number of hydrogen-bond donors (Lipinski definition) is 1. The van der Waals surface area contributed by atoms with Gasteiger partial charge in [-0.1, -0.05) is 12.1 Å². The fourth-order valence-corrected chi connectivity index (χ4v) is 1.42. The second-order valence-corrected chi connectivity index (χ2v) is 3.76. The summed E-state index contributed by atoms with van der Waals surface area (Å²) in [6, 6.07) is 11.3. The lowest BCUT2D eigenvalue weighted by molar-refractivity contribution is 0.463. The number of hydrogen-bond acceptors (Lipinski definition) is 3. The first kappa shape index (κ1) is 10.5. The van der Waals surface area contributed by atoms with E-state index in [1.165, 1.54) is 0 Å². The van der Waals surface area contributed by atoms with Crippen LogP contribution in [0.5, 0.6) is 11.6 Å². The summed E-state index contributed by atoms with van der Waals surface area (Å²) in [4.78, 5) is 4.26. The zero-order valence-electron chi connectivity index (χ0n) is 9.40. The molecule has 1 aromatic carbocycles. The molecule has 0 fully saturated rings.